The standard InChI is InChI=1S/C34H25N3O5/c1-20-14-16-27-22(18-20)15-17-28-34(25-12-5-6-13-26(25)35-33(34)40)29(31(38)23-10-7-11-24(19-23)37(41)42)30(36(27)28)32(39)21-8-3-2-4-9-21/h2-19,28-30H,1H3,(H,35,40)/t28-,29+,30-,34+/m0/s1. The molecule has 3 heterocycles. The first-order valence-corrected chi connectivity index (χ1v) is 13.7. The Kier molecular flexibility index (Phi) is 5.69. The number of benzene rings is 4. The van der Waals surface area contributed by atoms with Gasteiger partial charge in [-0.1, -0.05) is 84.4 Å². The number of ketones is 2. The Labute approximate surface area is 241 Å². The number of anilines is 2. The fraction of sp³-hybridized carbons (Fsp3) is 0.147. The topological polar surface area (TPSA) is 110 Å². The van der Waals surface area contributed by atoms with E-state index in [1.807, 2.05) is 66.4 Å². The van der Waals surface area contributed by atoms with Crippen LogP contribution in [0, 0.1) is 23.0 Å². The number of rotatable bonds is 5. The summed E-state index contributed by atoms with van der Waals surface area (Å²) in [6.45, 7) is 1.98. The summed E-state index contributed by atoms with van der Waals surface area (Å²) in [4.78, 5) is 56.8. The van der Waals surface area contributed by atoms with Gasteiger partial charge in [0.05, 0.1) is 16.9 Å². The van der Waals surface area contributed by atoms with Crippen LogP contribution < -0.4 is 10.2 Å². The van der Waals surface area contributed by atoms with E-state index in [1.54, 1.807) is 30.3 Å². The maximum atomic E-state index is 14.8. The number of para-hydroxylation sites is 1. The number of hydrogen-bond donors (Lipinski definition) is 1. The average Bonchev–Trinajstić information content (AvgIpc) is 3.49. The predicted molar refractivity (Wildman–Crippen MR) is 159 cm³/mol. The average molecular weight is 556 g/mol. The van der Waals surface area contributed by atoms with Crippen molar-refractivity contribution in [1.82, 2.24) is 0 Å². The van der Waals surface area contributed by atoms with Crippen LogP contribution >= 0.6 is 0 Å². The molecule has 0 aliphatic carbocycles. The summed E-state index contributed by atoms with van der Waals surface area (Å²) >= 11 is 0. The summed E-state index contributed by atoms with van der Waals surface area (Å²) in [7, 11) is 0. The van der Waals surface area contributed by atoms with Crippen LogP contribution in [0.4, 0.5) is 17.1 Å². The number of non-ortho nitro benzene ring substituents is 1. The van der Waals surface area contributed by atoms with Crippen molar-refractivity contribution in [3.8, 4) is 0 Å². The number of amides is 1. The second kappa shape index (κ2) is 9.34. The first-order valence-electron chi connectivity index (χ1n) is 13.7. The summed E-state index contributed by atoms with van der Waals surface area (Å²) in [6, 6.07) is 25.6. The molecule has 1 saturated heterocycles. The molecule has 0 aromatic heterocycles. The number of carbonyl (C=O) groups is 3. The molecule has 0 saturated carbocycles. The van der Waals surface area contributed by atoms with Crippen molar-refractivity contribution in [3.63, 3.8) is 0 Å². The Morgan fingerprint density at radius 3 is 2.40 bits per heavy atom. The molecule has 3 aliphatic heterocycles. The van der Waals surface area contributed by atoms with Crippen LogP contribution in [0.25, 0.3) is 6.08 Å². The molecule has 0 unspecified atom stereocenters. The molecule has 42 heavy (non-hydrogen) atoms. The fourth-order valence-electron chi connectivity index (χ4n) is 7.02. The molecule has 0 radical (unpaired) electrons. The van der Waals surface area contributed by atoms with E-state index in [0.717, 1.165) is 16.8 Å². The van der Waals surface area contributed by atoms with Gasteiger partial charge in [0.1, 0.15) is 11.5 Å². The minimum absolute atomic E-state index is 0.0737. The Morgan fingerprint density at radius 1 is 0.881 bits per heavy atom. The van der Waals surface area contributed by atoms with Crippen molar-refractivity contribution in [2.75, 3.05) is 10.2 Å². The van der Waals surface area contributed by atoms with Gasteiger partial charge in [-0.15, -0.1) is 0 Å². The Morgan fingerprint density at radius 2 is 1.62 bits per heavy atom. The molecule has 4 atom stereocenters. The third-order valence-electron chi connectivity index (χ3n) is 8.74. The van der Waals surface area contributed by atoms with E-state index in [-0.39, 0.29) is 22.9 Å². The molecule has 8 nitrogen and oxygen atoms in total. The van der Waals surface area contributed by atoms with Crippen LogP contribution in [-0.2, 0) is 10.2 Å². The number of nitro benzene ring substituents is 1. The van der Waals surface area contributed by atoms with Crippen molar-refractivity contribution in [2.45, 2.75) is 24.4 Å². The van der Waals surface area contributed by atoms with E-state index < -0.39 is 34.1 Å². The summed E-state index contributed by atoms with van der Waals surface area (Å²) in [5.74, 6) is -2.39. The van der Waals surface area contributed by atoms with Crippen LogP contribution in [0.1, 0.15) is 37.4 Å². The van der Waals surface area contributed by atoms with Gasteiger partial charge in [0.25, 0.3) is 5.69 Å². The Hall–Kier alpha value is -5.37. The molecule has 1 spiro atoms. The van der Waals surface area contributed by atoms with Gasteiger partial charge >= 0.3 is 0 Å². The van der Waals surface area contributed by atoms with Crippen molar-refractivity contribution >= 4 is 40.6 Å². The maximum absolute atomic E-state index is 14.8. The highest BCUT2D eigenvalue weighted by Gasteiger charge is 2.70. The van der Waals surface area contributed by atoms with Crippen LogP contribution in [0.3, 0.4) is 0 Å². The molecule has 1 fully saturated rings. The van der Waals surface area contributed by atoms with Gasteiger partial charge in [-0.05, 0) is 36.2 Å². The molecule has 7 rings (SSSR count). The smallest absolute Gasteiger partial charge is 0.270 e. The van der Waals surface area contributed by atoms with Crippen LogP contribution in [0.2, 0.25) is 0 Å². The number of nitro groups is 1. The molecule has 206 valence electrons. The highest BCUT2D eigenvalue weighted by molar-refractivity contribution is 6.18. The van der Waals surface area contributed by atoms with Gasteiger partial charge in [0.15, 0.2) is 11.6 Å². The van der Waals surface area contributed by atoms with Gasteiger partial charge in [0, 0.05) is 34.6 Å². The van der Waals surface area contributed by atoms with Crippen LogP contribution in [0.15, 0.2) is 103 Å². The van der Waals surface area contributed by atoms with E-state index in [2.05, 4.69) is 5.32 Å². The monoisotopic (exact) mass is 555 g/mol. The molecule has 1 N–H and O–H groups in total. The SMILES string of the molecule is Cc1ccc2c(c1)C=C[C@@H]1N2[C@H](C(=O)c2ccccc2)[C@H](C(=O)c2cccc([N+](=O)[O-])c2)[C@]12C(=O)Nc1ccccc12. The van der Waals surface area contributed by atoms with Crippen molar-refractivity contribution in [1.29, 1.82) is 0 Å². The Bertz CT molecular complexity index is 1850. The second-order valence-electron chi connectivity index (χ2n) is 11.0. The lowest BCUT2D eigenvalue weighted by Gasteiger charge is -2.37. The van der Waals surface area contributed by atoms with Gasteiger partial charge in [-0.25, -0.2) is 0 Å². The predicted octanol–water partition coefficient (Wildman–Crippen LogP) is 5.76. The minimum Gasteiger partial charge on any atom is -0.352 e. The zero-order valence-corrected chi connectivity index (χ0v) is 22.6. The molecule has 4 aromatic carbocycles. The van der Waals surface area contributed by atoms with Crippen LogP contribution in [-0.4, -0.2) is 34.5 Å². The van der Waals surface area contributed by atoms with Gasteiger partial charge < -0.3 is 10.2 Å². The third-order valence-corrected chi connectivity index (χ3v) is 8.74. The summed E-state index contributed by atoms with van der Waals surface area (Å²) in [5.41, 5.74) is 2.61. The summed E-state index contributed by atoms with van der Waals surface area (Å²) in [6.07, 6.45) is 3.86. The van der Waals surface area contributed by atoms with Gasteiger partial charge in [-0.3, -0.25) is 24.5 Å². The van der Waals surface area contributed by atoms with E-state index >= 15 is 0 Å². The van der Waals surface area contributed by atoms with Gasteiger partial charge in [-0.2, -0.15) is 0 Å². The molecule has 8 heteroatoms. The lowest BCUT2D eigenvalue weighted by Crippen LogP contribution is -2.51. The number of Topliss-reactive ketones (excluding diaryl/α,β-unsaturated/α-hetero) is 2. The number of nitrogens with one attached hydrogen (secondary N) is 1. The van der Waals surface area contributed by atoms with E-state index in [1.165, 1.54) is 24.3 Å². The number of aryl methyl sites for hydroxylation is 1. The number of nitrogens with zero attached hydrogens (tertiary/aromatic N) is 2. The third kappa shape index (κ3) is 3.51. The zero-order valence-electron chi connectivity index (χ0n) is 22.6. The zero-order chi connectivity index (χ0) is 29.2. The number of hydrogen-bond acceptors (Lipinski definition) is 6. The van der Waals surface area contributed by atoms with Crippen molar-refractivity contribution < 1.29 is 19.3 Å². The molecule has 1 amide bonds. The van der Waals surface area contributed by atoms with E-state index in [9.17, 15) is 24.5 Å². The largest absolute Gasteiger partial charge is 0.352 e. The molecule has 0 bridgehead atoms. The van der Waals surface area contributed by atoms with E-state index in [4.69, 9.17) is 0 Å². The molecule has 3 aliphatic rings. The number of carbonyl (C=O) groups excluding carboxylic acids is 3. The normalized spacial score (nSPS) is 23.2. The van der Waals surface area contributed by atoms with E-state index in [0.29, 0.717) is 16.8 Å². The van der Waals surface area contributed by atoms with Crippen molar-refractivity contribution in [3.05, 3.63) is 141 Å². The highest BCUT2D eigenvalue weighted by atomic mass is 16.6. The van der Waals surface area contributed by atoms with Crippen molar-refractivity contribution in [2.24, 2.45) is 5.92 Å². The quantitative estimate of drug-likeness (QED) is 0.191. The lowest BCUT2D eigenvalue weighted by atomic mass is 9.64. The lowest BCUT2D eigenvalue weighted by molar-refractivity contribution is -0.384. The number of fused-ring (bicyclic) bond motifs is 6. The summed E-state index contributed by atoms with van der Waals surface area (Å²) in [5, 5.41) is 14.6. The minimum atomic E-state index is -1.48. The van der Waals surface area contributed by atoms with Crippen LogP contribution in [0.5, 0.6) is 0 Å². The van der Waals surface area contributed by atoms with Gasteiger partial charge in [0.2, 0.25) is 5.91 Å². The summed E-state index contributed by atoms with van der Waals surface area (Å²) < 4.78 is 0. The maximum Gasteiger partial charge on any atom is 0.270 e. The molecule has 4 aromatic rings. The fourth-order valence-corrected chi connectivity index (χ4v) is 7.02. The molecular formula is C34H25N3O5. The molecular weight excluding hydrogens is 530 g/mol. The highest BCUT2D eigenvalue weighted by Crippen LogP contribution is 2.58. The first kappa shape index (κ1) is 25.6. The second-order valence-corrected chi connectivity index (χ2v) is 11.0. The Balaban J connectivity index is 1.54. The first-order chi connectivity index (χ1) is 20.3.